The van der Waals surface area contributed by atoms with Crippen molar-refractivity contribution in [2.75, 3.05) is 29.6 Å². The van der Waals surface area contributed by atoms with Crippen LogP contribution in [-0.2, 0) is 16.0 Å². The molecule has 0 fully saturated rings. The fraction of sp³-hybridized carbons (Fsp3) is 0.250. The smallest absolute Gasteiger partial charge is 0.462 e. The fourth-order valence-electron chi connectivity index (χ4n) is 2.68. The number of benzene rings is 1. The zero-order chi connectivity index (χ0) is 21.5. The summed E-state index contributed by atoms with van der Waals surface area (Å²) in [5, 5.41) is 5.76. The molecular formula is C20H23N6O4+. The molecule has 1 amide bonds. The molecule has 3 aromatic rings. The van der Waals surface area contributed by atoms with Gasteiger partial charge < -0.3 is 20.5 Å². The molecule has 0 aliphatic heterocycles. The Morgan fingerprint density at radius 3 is 2.57 bits per heavy atom. The second kappa shape index (κ2) is 9.50. The SMILES string of the molecule is CCOC(=O)Nc1cc2ncc(CNc3ccc(C(=O)OCC)cc3)nc2c(N)[nH+]1. The predicted octanol–water partition coefficient (Wildman–Crippen LogP) is 2.38. The monoisotopic (exact) mass is 411 g/mol. The van der Waals surface area contributed by atoms with Crippen LogP contribution in [0.3, 0.4) is 0 Å². The number of pyridine rings is 1. The molecule has 0 saturated heterocycles. The molecule has 0 atom stereocenters. The van der Waals surface area contributed by atoms with E-state index in [9.17, 15) is 9.59 Å². The molecule has 2 heterocycles. The third-order valence-electron chi connectivity index (χ3n) is 4.04. The number of aromatic nitrogens is 3. The summed E-state index contributed by atoms with van der Waals surface area (Å²) >= 11 is 0. The Bertz CT molecular complexity index is 1060. The van der Waals surface area contributed by atoms with Crippen LogP contribution in [0.15, 0.2) is 36.5 Å². The molecule has 3 rings (SSSR count). The zero-order valence-corrected chi connectivity index (χ0v) is 16.7. The molecular weight excluding hydrogens is 388 g/mol. The molecule has 156 valence electrons. The summed E-state index contributed by atoms with van der Waals surface area (Å²) in [5.41, 5.74) is 9.03. The van der Waals surface area contributed by atoms with E-state index in [-0.39, 0.29) is 18.4 Å². The Labute approximate surface area is 172 Å². The minimum Gasteiger partial charge on any atom is -0.462 e. The van der Waals surface area contributed by atoms with Crippen LogP contribution in [0.2, 0.25) is 0 Å². The largest absolute Gasteiger partial charge is 0.473 e. The van der Waals surface area contributed by atoms with E-state index in [1.807, 2.05) is 0 Å². The number of esters is 1. The second-order valence-corrected chi connectivity index (χ2v) is 6.19. The molecule has 2 aromatic heterocycles. The Balaban J connectivity index is 1.69. The molecule has 5 N–H and O–H groups in total. The van der Waals surface area contributed by atoms with Crippen LogP contribution < -0.4 is 21.4 Å². The molecule has 0 spiro atoms. The van der Waals surface area contributed by atoms with Crippen molar-refractivity contribution >= 4 is 40.4 Å². The molecule has 0 saturated carbocycles. The molecule has 0 aliphatic carbocycles. The van der Waals surface area contributed by atoms with Crippen LogP contribution in [0.25, 0.3) is 11.0 Å². The number of aromatic amines is 1. The highest BCUT2D eigenvalue weighted by molar-refractivity contribution is 5.90. The van der Waals surface area contributed by atoms with E-state index in [0.29, 0.717) is 41.3 Å². The number of carbonyl (C=O) groups excluding carboxylic acids is 2. The molecule has 30 heavy (non-hydrogen) atoms. The summed E-state index contributed by atoms with van der Waals surface area (Å²) in [7, 11) is 0. The summed E-state index contributed by atoms with van der Waals surface area (Å²) in [4.78, 5) is 35.0. The van der Waals surface area contributed by atoms with Gasteiger partial charge in [0.2, 0.25) is 11.6 Å². The molecule has 0 bridgehead atoms. The highest BCUT2D eigenvalue weighted by atomic mass is 16.5. The topological polar surface area (TPSA) is 143 Å². The number of carbonyl (C=O) groups is 2. The molecule has 10 nitrogen and oxygen atoms in total. The maximum Gasteiger partial charge on any atom is 0.473 e. The average molecular weight is 411 g/mol. The van der Waals surface area contributed by atoms with E-state index in [1.165, 1.54) is 0 Å². The van der Waals surface area contributed by atoms with Gasteiger partial charge in [0.05, 0.1) is 37.2 Å². The van der Waals surface area contributed by atoms with Crippen LogP contribution >= 0.6 is 0 Å². The third-order valence-corrected chi connectivity index (χ3v) is 4.04. The number of nitrogens with one attached hydrogen (secondary N) is 3. The second-order valence-electron chi connectivity index (χ2n) is 6.19. The minimum atomic E-state index is -0.588. The first kappa shape index (κ1) is 20.8. The van der Waals surface area contributed by atoms with Crippen molar-refractivity contribution in [1.82, 2.24) is 9.97 Å². The van der Waals surface area contributed by atoms with Gasteiger partial charge in [0.15, 0.2) is 5.52 Å². The summed E-state index contributed by atoms with van der Waals surface area (Å²) in [6, 6.07) is 8.59. The number of amides is 1. The molecule has 0 unspecified atom stereocenters. The van der Waals surface area contributed by atoms with E-state index in [4.69, 9.17) is 15.2 Å². The number of rotatable bonds is 7. The molecule has 0 radical (unpaired) electrons. The summed E-state index contributed by atoms with van der Waals surface area (Å²) in [6.45, 7) is 4.48. The van der Waals surface area contributed by atoms with Crippen LogP contribution in [-0.4, -0.2) is 35.2 Å². The number of ether oxygens (including phenoxy) is 2. The standard InChI is InChI=1S/C20H22N6O4/c1-3-29-19(27)12-5-7-13(8-6-12)22-10-14-11-23-15-9-16(26-20(28)30-4-2)25-18(21)17(15)24-14/h5-9,11,22H,3-4,10H2,1-2H3,(H3,21,25,26,28)/p+1. The lowest BCUT2D eigenvalue weighted by molar-refractivity contribution is -0.341. The number of nitrogens with two attached hydrogens (primary N) is 1. The van der Waals surface area contributed by atoms with Gasteiger partial charge in [-0.1, -0.05) is 0 Å². The van der Waals surface area contributed by atoms with E-state index in [0.717, 1.165) is 5.69 Å². The van der Waals surface area contributed by atoms with Crippen molar-refractivity contribution in [3.8, 4) is 0 Å². The Kier molecular flexibility index (Phi) is 6.58. The highest BCUT2D eigenvalue weighted by Gasteiger charge is 2.14. The van der Waals surface area contributed by atoms with E-state index >= 15 is 0 Å². The minimum absolute atomic E-state index is 0.261. The Morgan fingerprint density at radius 1 is 1.13 bits per heavy atom. The number of hydrogen-bond donors (Lipinski definition) is 3. The zero-order valence-electron chi connectivity index (χ0n) is 16.7. The highest BCUT2D eigenvalue weighted by Crippen LogP contribution is 2.17. The Hall–Kier alpha value is -3.95. The van der Waals surface area contributed by atoms with Crippen molar-refractivity contribution < 1.29 is 24.0 Å². The van der Waals surface area contributed by atoms with Gasteiger partial charge in [-0.05, 0) is 38.1 Å². The third kappa shape index (κ3) is 5.10. The number of fused-ring (bicyclic) bond motifs is 1. The van der Waals surface area contributed by atoms with E-state index < -0.39 is 6.09 Å². The molecule has 0 aliphatic rings. The maximum atomic E-state index is 11.7. The number of nitrogen functional groups attached to an aromatic ring is 1. The van der Waals surface area contributed by atoms with Crippen molar-refractivity contribution in [3.05, 3.63) is 47.8 Å². The van der Waals surface area contributed by atoms with E-state index in [1.54, 1.807) is 50.4 Å². The van der Waals surface area contributed by atoms with Crippen LogP contribution in [0, 0.1) is 0 Å². The van der Waals surface area contributed by atoms with Gasteiger partial charge in [-0.2, -0.15) is 0 Å². The summed E-state index contributed by atoms with van der Waals surface area (Å²) in [5.74, 6) is 0.278. The van der Waals surface area contributed by atoms with E-state index in [2.05, 4.69) is 25.6 Å². The summed E-state index contributed by atoms with van der Waals surface area (Å²) in [6.07, 6.45) is 1.03. The van der Waals surface area contributed by atoms with Gasteiger partial charge >= 0.3 is 12.1 Å². The quantitative estimate of drug-likeness (QED) is 0.503. The van der Waals surface area contributed by atoms with Crippen LogP contribution in [0.4, 0.5) is 22.1 Å². The number of hydrogen-bond acceptors (Lipinski definition) is 8. The normalized spacial score (nSPS) is 10.5. The predicted molar refractivity (Wildman–Crippen MR) is 111 cm³/mol. The summed E-state index contributed by atoms with van der Waals surface area (Å²) < 4.78 is 9.81. The van der Waals surface area contributed by atoms with Gasteiger partial charge in [-0.15, -0.1) is 0 Å². The van der Waals surface area contributed by atoms with Crippen molar-refractivity contribution in [1.29, 1.82) is 0 Å². The first-order valence-corrected chi connectivity index (χ1v) is 9.42. The fourth-order valence-corrected chi connectivity index (χ4v) is 2.68. The van der Waals surface area contributed by atoms with Gasteiger partial charge in [-0.3, -0.25) is 4.98 Å². The maximum absolute atomic E-state index is 11.7. The first-order valence-electron chi connectivity index (χ1n) is 9.42. The average Bonchev–Trinajstić information content (AvgIpc) is 2.73. The van der Waals surface area contributed by atoms with Crippen LogP contribution in [0.1, 0.15) is 29.9 Å². The van der Waals surface area contributed by atoms with Crippen molar-refractivity contribution in [2.24, 2.45) is 0 Å². The number of anilines is 3. The van der Waals surface area contributed by atoms with Gasteiger partial charge in [-0.25, -0.2) is 24.9 Å². The van der Waals surface area contributed by atoms with Gasteiger partial charge in [0, 0.05) is 11.8 Å². The number of H-pyrrole nitrogens is 1. The van der Waals surface area contributed by atoms with Crippen molar-refractivity contribution in [3.63, 3.8) is 0 Å². The first-order chi connectivity index (χ1) is 14.5. The lowest BCUT2D eigenvalue weighted by Gasteiger charge is -2.08. The molecule has 10 heteroatoms. The van der Waals surface area contributed by atoms with Gasteiger partial charge in [0.1, 0.15) is 5.52 Å². The lowest BCUT2D eigenvalue weighted by atomic mass is 10.2. The van der Waals surface area contributed by atoms with Crippen LogP contribution in [0.5, 0.6) is 0 Å². The van der Waals surface area contributed by atoms with Crippen molar-refractivity contribution in [2.45, 2.75) is 20.4 Å². The van der Waals surface area contributed by atoms with Gasteiger partial charge in [0.25, 0.3) is 0 Å². The Morgan fingerprint density at radius 2 is 1.87 bits per heavy atom. The lowest BCUT2D eigenvalue weighted by Crippen LogP contribution is -2.23. The molecule has 1 aromatic carbocycles. The number of nitrogens with zero attached hydrogens (tertiary/aromatic N) is 2.